The average Bonchev–Trinajstić information content (AvgIpc) is 2.62. The van der Waals surface area contributed by atoms with Gasteiger partial charge in [0.25, 0.3) is 0 Å². The van der Waals surface area contributed by atoms with Gasteiger partial charge < -0.3 is 4.74 Å². The smallest absolute Gasteiger partial charge is 0.205 e. The van der Waals surface area contributed by atoms with Crippen molar-refractivity contribution >= 4 is 12.0 Å². The summed E-state index contributed by atoms with van der Waals surface area (Å²) in [6.07, 6.45) is 4.97. The van der Waals surface area contributed by atoms with Crippen LogP contribution >= 0.6 is 0 Å². The number of Topliss-reactive ketones (excluding diaryl/α,β-unsaturated/α-hetero) is 1. The van der Waals surface area contributed by atoms with Crippen molar-refractivity contribution in [3.63, 3.8) is 0 Å². The molecule has 3 rings (SSSR count). The predicted molar refractivity (Wildman–Crippen MR) is 91.2 cm³/mol. The van der Waals surface area contributed by atoms with Gasteiger partial charge >= 0.3 is 0 Å². The van der Waals surface area contributed by atoms with Gasteiger partial charge in [-0.1, -0.05) is 18.2 Å². The van der Waals surface area contributed by atoms with Gasteiger partial charge in [-0.25, -0.2) is 0 Å². The molecule has 0 amide bonds. The highest BCUT2D eigenvalue weighted by Crippen LogP contribution is 2.21. The SMILES string of the molecule is O=C(/C=N\N1CCCCC1)c1ccc(Oc2ccccc2)cc1. The Morgan fingerprint density at radius 2 is 1.57 bits per heavy atom. The first-order valence-electron chi connectivity index (χ1n) is 7.97. The number of hydrogen-bond acceptors (Lipinski definition) is 4. The maximum Gasteiger partial charge on any atom is 0.205 e. The number of carbonyl (C=O) groups excluding carboxylic acids is 1. The first kappa shape index (κ1) is 15.3. The van der Waals surface area contributed by atoms with Crippen LogP contribution in [0.25, 0.3) is 0 Å². The summed E-state index contributed by atoms with van der Waals surface area (Å²) in [6, 6.07) is 16.7. The van der Waals surface area contributed by atoms with E-state index in [2.05, 4.69) is 5.10 Å². The third kappa shape index (κ3) is 4.42. The molecule has 0 saturated carbocycles. The summed E-state index contributed by atoms with van der Waals surface area (Å²) >= 11 is 0. The minimum Gasteiger partial charge on any atom is -0.457 e. The molecule has 4 heteroatoms. The third-order valence-corrected chi connectivity index (χ3v) is 3.79. The number of carbonyl (C=O) groups is 1. The molecule has 0 aromatic heterocycles. The fraction of sp³-hybridized carbons (Fsp3) is 0.263. The summed E-state index contributed by atoms with van der Waals surface area (Å²) in [7, 11) is 0. The number of ether oxygens (including phenoxy) is 1. The van der Waals surface area contributed by atoms with Gasteiger partial charge in [-0.3, -0.25) is 9.80 Å². The van der Waals surface area contributed by atoms with Gasteiger partial charge in [-0.2, -0.15) is 5.10 Å². The summed E-state index contributed by atoms with van der Waals surface area (Å²) in [6.45, 7) is 1.88. The van der Waals surface area contributed by atoms with Crippen LogP contribution < -0.4 is 4.74 Å². The van der Waals surface area contributed by atoms with E-state index in [9.17, 15) is 4.79 Å². The zero-order valence-corrected chi connectivity index (χ0v) is 13.0. The molecule has 2 aromatic rings. The third-order valence-electron chi connectivity index (χ3n) is 3.79. The van der Waals surface area contributed by atoms with E-state index in [1.54, 1.807) is 24.3 Å². The van der Waals surface area contributed by atoms with Gasteiger partial charge in [0.15, 0.2) is 0 Å². The lowest BCUT2D eigenvalue weighted by Crippen LogP contribution is -2.25. The van der Waals surface area contributed by atoms with Gasteiger partial charge in [0.05, 0.1) is 6.21 Å². The van der Waals surface area contributed by atoms with Crippen LogP contribution in [0.15, 0.2) is 59.7 Å². The van der Waals surface area contributed by atoms with Gasteiger partial charge in [0.2, 0.25) is 5.78 Å². The second kappa shape index (κ2) is 7.58. The van der Waals surface area contributed by atoms with Crippen molar-refractivity contribution in [3.05, 3.63) is 60.2 Å². The standard InChI is InChI=1S/C19H20N2O2/c22-19(15-20-21-13-5-2-6-14-21)16-9-11-18(12-10-16)23-17-7-3-1-4-8-17/h1,3-4,7-12,15H,2,5-6,13-14H2/b20-15-. The summed E-state index contributed by atoms with van der Waals surface area (Å²) < 4.78 is 5.72. The zero-order valence-electron chi connectivity index (χ0n) is 13.0. The lowest BCUT2D eigenvalue weighted by Gasteiger charge is -2.22. The van der Waals surface area contributed by atoms with E-state index in [0.717, 1.165) is 31.7 Å². The number of nitrogens with zero attached hydrogens (tertiary/aromatic N) is 2. The molecular formula is C19H20N2O2. The van der Waals surface area contributed by atoms with E-state index >= 15 is 0 Å². The summed E-state index contributed by atoms with van der Waals surface area (Å²) in [5, 5.41) is 6.24. The minimum atomic E-state index is -0.0816. The Morgan fingerprint density at radius 1 is 0.913 bits per heavy atom. The number of hydrazone groups is 1. The maximum atomic E-state index is 12.1. The molecule has 0 aliphatic carbocycles. The van der Waals surface area contributed by atoms with Crippen molar-refractivity contribution in [1.29, 1.82) is 0 Å². The van der Waals surface area contributed by atoms with E-state index in [0.29, 0.717) is 11.3 Å². The number of para-hydroxylation sites is 1. The van der Waals surface area contributed by atoms with E-state index in [1.807, 2.05) is 35.3 Å². The fourth-order valence-electron chi connectivity index (χ4n) is 2.51. The van der Waals surface area contributed by atoms with Crippen LogP contribution in [0.3, 0.4) is 0 Å². The van der Waals surface area contributed by atoms with E-state index in [1.165, 1.54) is 12.6 Å². The summed E-state index contributed by atoms with van der Waals surface area (Å²) in [4.78, 5) is 12.1. The highest BCUT2D eigenvalue weighted by molar-refractivity contribution is 6.35. The number of piperidine rings is 1. The number of ketones is 1. The van der Waals surface area contributed by atoms with Crippen LogP contribution in [-0.2, 0) is 0 Å². The van der Waals surface area contributed by atoms with Crippen molar-refractivity contribution in [2.45, 2.75) is 19.3 Å². The van der Waals surface area contributed by atoms with Crippen molar-refractivity contribution < 1.29 is 9.53 Å². The average molecular weight is 308 g/mol. The number of hydrogen-bond donors (Lipinski definition) is 0. The van der Waals surface area contributed by atoms with Crippen molar-refractivity contribution in [2.24, 2.45) is 5.10 Å². The molecule has 0 N–H and O–H groups in total. The lowest BCUT2D eigenvalue weighted by molar-refractivity contribution is 0.106. The fourth-order valence-corrected chi connectivity index (χ4v) is 2.51. The molecule has 0 radical (unpaired) electrons. The highest BCUT2D eigenvalue weighted by atomic mass is 16.5. The number of rotatable bonds is 5. The predicted octanol–water partition coefficient (Wildman–Crippen LogP) is 4.13. The monoisotopic (exact) mass is 308 g/mol. The van der Waals surface area contributed by atoms with E-state index in [4.69, 9.17) is 4.74 Å². The Bertz CT molecular complexity index is 660. The molecule has 2 aromatic carbocycles. The second-order valence-electron chi connectivity index (χ2n) is 5.56. The molecule has 0 atom stereocenters. The van der Waals surface area contributed by atoms with Crippen LogP contribution in [0.4, 0.5) is 0 Å². The molecule has 1 aliphatic heterocycles. The van der Waals surface area contributed by atoms with Crippen LogP contribution in [0.5, 0.6) is 11.5 Å². The summed E-state index contributed by atoms with van der Waals surface area (Å²) in [5.74, 6) is 1.40. The van der Waals surface area contributed by atoms with E-state index in [-0.39, 0.29) is 5.78 Å². The highest BCUT2D eigenvalue weighted by Gasteiger charge is 2.08. The van der Waals surface area contributed by atoms with Gasteiger partial charge in [0, 0.05) is 18.7 Å². The molecular weight excluding hydrogens is 288 g/mol. The van der Waals surface area contributed by atoms with Crippen molar-refractivity contribution in [2.75, 3.05) is 13.1 Å². The maximum absolute atomic E-state index is 12.1. The first-order valence-corrected chi connectivity index (χ1v) is 7.97. The molecule has 118 valence electrons. The molecule has 1 aliphatic rings. The minimum absolute atomic E-state index is 0.0816. The van der Waals surface area contributed by atoms with Crippen LogP contribution in [0.2, 0.25) is 0 Å². The Kier molecular flexibility index (Phi) is 5.04. The van der Waals surface area contributed by atoms with Gasteiger partial charge in [0.1, 0.15) is 11.5 Å². The normalized spacial score (nSPS) is 14.9. The largest absolute Gasteiger partial charge is 0.457 e. The Balaban J connectivity index is 1.60. The molecule has 0 spiro atoms. The number of benzene rings is 2. The van der Waals surface area contributed by atoms with Gasteiger partial charge in [-0.15, -0.1) is 0 Å². The quantitative estimate of drug-likeness (QED) is 0.616. The Hall–Kier alpha value is -2.62. The van der Waals surface area contributed by atoms with Crippen LogP contribution in [0, 0.1) is 0 Å². The molecule has 4 nitrogen and oxygen atoms in total. The van der Waals surface area contributed by atoms with Crippen molar-refractivity contribution in [1.82, 2.24) is 5.01 Å². The molecule has 1 heterocycles. The Morgan fingerprint density at radius 3 is 2.26 bits per heavy atom. The topological polar surface area (TPSA) is 41.9 Å². The van der Waals surface area contributed by atoms with Crippen LogP contribution in [0.1, 0.15) is 29.6 Å². The van der Waals surface area contributed by atoms with Crippen LogP contribution in [-0.4, -0.2) is 30.1 Å². The molecule has 1 fully saturated rings. The van der Waals surface area contributed by atoms with Gasteiger partial charge in [-0.05, 0) is 55.7 Å². The summed E-state index contributed by atoms with van der Waals surface area (Å²) in [5.41, 5.74) is 0.617. The lowest BCUT2D eigenvalue weighted by atomic mass is 10.1. The second-order valence-corrected chi connectivity index (χ2v) is 5.56. The molecule has 23 heavy (non-hydrogen) atoms. The van der Waals surface area contributed by atoms with Crippen molar-refractivity contribution in [3.8, 4) is 11.5 Å². The molecule has 1 saturated heterocycles. The molecule has 0 bridgehead atoms. The van der Waals surface area contributed by atoms with E-state index < -0.39 is 0 Å². The first-order chi connectivity index (χ1) is 11.3. The zero-order chi connectivity index (χ0) is 15.9. The Labute approximate surface area is 136 Å². The molecule has 0 unspecified atom stereocenters.